The number of alkyl halides is 2. The number of hydrogen-bond donors (Lipinski definition) is 0. The molecule has 0 aromatic heterocycles. The molecule has 2 atom stereocenters. The summed E-state index contributed by atoms with van der Waals surface area (Å²) in [4.78, 5) is 24.1. The second kappa shape index (κ2) is 5.21. The summed E-state index contributed by atoms with van der Waals surface area (Å²) in [5, 5.41) is 0.533. The molecule has 0 spiro atoms. The predicted octanol–water partition coefficient (Wildman–Crippen LogP) is 4.04. The number of esters is 1. The highest BCUT2D eigenvalue weighted by Crippen LogP contribution is 2.64. The molecule has 0 radical (unpaired) electrons. The number of carbonyl (C=O) groups excluding carboxylic acids is 2. The zero-order chi connectivity index (χ0) is 15.1. The number of halogens is 3. The van der Waals surface area contributed by atoms with Crippen LogP contribution >= 0.6 is 34.8 Å². The van der Waals surface area contributed by atoms with Crippen LogP contribution < -0.4 is 0 Å². The molecule has 20 heavy (non-hydrogen) atoms. The normalized spacial score (nSPS) is 24.9. The fraction of sp³-hybridized carbons (Fsp3) is 0.429. The first kappa shape index (κ1) is 15.6. The van der Waals surface area contributed by atoms with Gasteiger partial charge in [-0.05, 0) is 38.1 Å². The lowest BCUT2D eigenvalue weighted by molar-refractivity contribution is -0.152. The maximum atomic E-state index is 12.1. The minimum Gasteiger partial charge on any atom is -0.454 e. The number of ether oxygens (including phenoxy) is 1. The Morgan fingerprint density at radius 1 is 1.25 bits per heavy atom. The molecule has 0 bridgehead atoms. The van der Waals surface area contributed by atoms with E-state index in [0.29, 0.717) is 17.0 Å². The molecule has 1 fully saturated rings. The molecule has 1 aromatic rings. The van der Waals surface area contributed by atoms with Crippen molar-refractivity contribution in [2.45, 2.75) is 30.7 Å². The van der Waals surface area contributed by atoms with Crippen molar-refractivity contribution in [2.75, 3.05) is 0 Å². The molecule has 0 aliphatic heterocycles. The quantitative estimate of drug-likeness (QED) is 0.474. The molecule has 2 unspecified atom stereocenters. The van der Waals surface area contributed by atoms with Crippen LogP contribution in [0.4, 0.5) is 0 Å². The Labute approximate surface area is 132 Å². The predicted molar refractivity (Wildman–Crippen MR) is 78.5 cm³/mol. The van der Waals surface area contributed by atoms with Gasteiger partial charge in [0, 0.05) is 17.0 Å². The van der Waals surface area contributed by atoms with Gasteiger partial charge in [0.2, 0.25) is 5.78 Å². The molecule has 1 aromatic carbocycles. The van der Waals surface area contributed by atoms with Gasteiger partial charge in [0.1, 0.15) is 9.75 Å². The van der Waals surface area contributed by atoms with Gasteiger partial charge in [0.15, 0.2) is 6.10 Å². The summed E-state index contributed by atoms with van der Waals surface area (Å²) in [6.07, 6.45) is -0.575. The van der Waals surface area contributed by atoms with Crippen molar-refractivity contribution < 1.29 is 14.3 Å². The number of carbonyl (C=O) groups is 2. The maximum Gasteiger partial charge on any atom is 0.315 e. The van der Waals surface area contributed by atoms with E-state index in [9.17, 15) is 9.59 Å². The lowest BCUT2D eigenvalue weighted by Gasteiger charge is -2.16. The minimum atomic E-state index is -1.10. The van der Waals surface area contributed by atoms with Crippen LogP contribution in [-0.2, 0) is 9.53 Å². The Bertz CT molecular complexity index is 553. The van der Waals surface area contributed by atoms with Crippen LogP contribution in [0.25, 0.3) is 0 Å². The van der Waals surface area contributed by atoms with Crippen molar-refractivity contribution in [3.05, 3.63) is 34.9 Å². The largest absolute Gasteiger partial charge is 0.454 e. The third-order valence-electron chi connectivity index (χ3n) is 3.49. The van der Waals surface area contributed by atoms with Gasteiger partial charge in [-0.25, -0.2) is 0 Å². The standard InChI is InChI=1S/C14H13Cl3O3/c1-8(11(18)9-3-5-10(15)6-4-9)20-12(19)13(2)7-14(13,16)17/h3-6,8H,7H2,1-2H3. The van der Waals surface area contributed by atoms with E-state index in [1.54, 1.807) is 31.2 Å². The molecule has 0 amide bonds. The van der Waals surface area contributed by atoms with Crippen molar-refractivity contribution in [3.63, 3.8) is 0 Å². The molecule has 0 heterocycles. The first-order valence-electron chi connectivity index (χ1n) is 6.06. The number of ketones is 1. The summed E-state index contributed by atoms with van der Waals surface area (Å²) in [5.41, 5.74) is -0.511. The van der Waals surface area contributed by atoms with Gasteiger partial charge in [-0.2, -0.15) is 0 Å². The lowest BCUT2D eigenvalue weighted by atomic mass is 10.1. The van der Waals surface area contributed by atoms with Crippen LogP contribution in [0.15, 0.2) is 24.3 Å². The number of benzene rings is 1. The van der Waals surface area contributed by atoms with Gasteiger partial charge in [0.25, 0.3) is 0 Å². The van der Waals surface area contributed by atoms with E-state index < -0.39 is 21.8 Å². The van der Waals surface area contributed by atoms with Crippen molar-refractivity contribution in [2.24, 2.45) is 5.41 Å². The molecule has 0 N–H and O–H groups in total. The fourth-order valence-corrected chi connectivity index (χ4v) is 2.63. The minimum absolute atomic E-state index is 0.297. The number of Topliss-reactive ketones (excluding diaryl/α,β-unsaturated/α-hetero) is 1. The zero-order valence-corrected chi connectivity index (χ0v) is 13.2. The summed E-state index contributed by atoms with van der Waals surface area (Å²) in [6, 6.07) is 6.38. The second-order valence-corrected chi connectivity index (χ2v) is 7.05. The summed E-state index contributed by atoms with van der Waals surface area (Å²) < 4.78 is 4.06. The second-order valence-electron chi connectivity index (χ2n) is 5.13. The van der Waals surface area contributed by atoms with E-state index in [2.05, 4.69) is 0 Å². The van der Waals surface area contributed by atoms with E-state index >= 15 is 0 Å². The third-order valence-corrected chi connectivity index (χ3v) is 4.84. The highest BCUT2D eigenvalue weighted by atomic mass is 35.5. The van der Waals surface area contributed by atoms with Crippen molar-refractivity contribution >= 4 is 46.6 Å². The molecule has 1 aliphatic carbocycles. The van der Waals surface area contributed by atoms with Gasteiger partial charge in [-0.1, -0.05) is 11.6 Å². The Morgan fingerprint density at radius 3 is 2.20 bits per heavy atom. The van der Waals surface area contributed by atoms with Crippen LogP contribution in [0.3, 0.4) is 0 Å². The topological polar surface area (TPSA) is 43.4 Å². The van der Waals surface area contributed by atoms with Crippen LogP contribution in [0.1, 0.15) is 30.6 Å². The Hall–Kier alpha value is -0.770. The van der Waals surface area contributed by atoms with E-state index in [1.165, 1.54) is 6.92 Å². The fourth-order valence-electron chi connectivity index (χ4n) is 1.81. The van der Waals surface area contributed by atoms with Crippen LogP contribution in [0.2, 0.25) is 5.02 Å². The number of hydrogen-bond acceptors (Lipinski definition) is 3. The zero-order valence-electron chi connectivity index (χ0n) is 11.0. The SMILES string of the molecule is CC(OC(=O)C1(C)CC1(Cl)Cl)C(=O)c1ccc(Cl)cc1. The maximum absolute atomic E-state index is 12.1. The van der Waals surface area contributed by atoms with Gasteiger partial charge >= 0.3 is 5.97 Å². The van der Waals surface area contributed by atoms with Crippen LogP contribution in [-0.4, -0.2) is 22.2 Å². The van der Waals surface area contributed by atoms with Crippen molar-refractivity contribution in [3.8, 4) is 0 Å². The number of rotatable bonds is 4. The summed E-state index contributed by atoms with van der Waals surface area (Å²) in [5.74, 6) is -0.855. The summed E-state index contributed by atoms with van der Waals surface area (Å²) in [6.45, 7) is 3.14. The van der Waals surface area contributed by atoms with E-state index in [1.807, 2.05) is 0 Å². The molecule has 108 valence electrons. The average molecular weight is 336 g/mol. The third kappa shape index (κ3) is 2.80. The monoisotopic (exact) mass is 334 g/mol. The Kier molecular flexibility index (Phi) is 4.07. The van der Waals surface area contributed by atoms with E-state index in [-0.39, 0.29) is 5.78 Å². The van der Waals surface area contributed by atoms with Crippen LogP contribution in [0, 0.1) is 5.41 Å². The smallest absolute Gasteiger partial charge is 0.315 e. The molecule has 1 saturated carbocycles. The highest BCUT2D eigenvalue weighted by molar-refractivity contribution is 6.53. The molecule has 1 aliphatic rings. The van der Waals surface area contributed by atoms with Crippen molar-refractivity contribution in [1.29, 1.82) is 0 Å². The van der Waals surface area contributed by atoms with Gasteiger partial charge < -0.3 is 4.74 Å². The summed E-state index contributed by atoms with van der Waals surface area (Å²) >= 11 is 17.6. The van der Waals surface area contributed by atoms with E-state index in [4.69, 9.17) is 39.5 Å². The van der Waals surface area contributed by atoms with E-state index in [0.717, 1.165) is 0 Å². The molecule has 0 saturated heterocycles. The lowest BCUT2D eigenvalue weighted by Crippen LogP contribution is -2.30. The molecule has 3 nitrogen and oxygen atoms in total. The molecule has 6 heteroatoms. The highest BCUT2D eigenvalue weighted by Gasteiger charge is 2.69. The molecular formula is C14H13Cl3O3. The van der Waals surface area contributed by atoms with Crippen molar-refractivity contribution in [1.82, 2.24) is 0 Å². The molecular weight excluding hydrogens is 323 g/mol. The Morgan fingerprint density at radius 2 is 1.75 bits per heavy atom. The molecule has 2 rings (SSSR count). The first-order chi connectivity index (χ1) is 9.17. The van der Waals surface area contributed by atoms with Gasteiger partial charge in [-0.15, -0.1) is 23.2 Å². The van der Waals surface area contributed by atoms with Gasteiger partial charge in [-0.3, -0.25) is 9.59 Å². The van der Waals surface area contributed by atoms with Gasteiger partial charge in [0.05, 0.1) is 0 Å². The Balaban J connectivity index is 2.02. The average Bonchev–Trinajstić information content (AvgIpc) is 2.90. The summed E-state index contributed by atoms with van der Waals surface area (Å²) in [7, 11) is 0. The van der Waals surface area contributed by atoms with Crippen LogP contribution in [0.5, 0.6) is 0 Å². The first-order valence-corrected chi connectivity index (χ1v) is 7.19.